The number of aromatic nitrogens is 3. The molecular formula is C18H19N3S. The maximum absolute atomic E-state index is 4.88. The number of para-hydroxylation sites is 1. The zero-order chi connectivity index (χ0) is 14.8. The maximum atomic E-state index is 4.88. The number of benzene rings is 1. The van der Waals surface area contributed by atoms with Gasteiger partial charge in [-0.25, -0.2) is 9.97 Å². The van der Waals surface area contributed by atoms with Crippen LogP contribution in [-0.2, 0) is 6.42 Å². The fourth-order valence-corrected chi connectivity index (χ4v) is 4.36. The molecule has 22 heavy (non-hydrogen) atoms. The van der Waals surface area contributed by atoms with Crippen molar-refractivity contribution < 1.29 is 0 Å². The van der Waals surface area contributed by atoms with Crippen LogP contribution in [0, 0.1) is 5.92 Å². The van der Waals surface area contributed by atoms with Gasteiger partial charge >= 0.3 is 0 Å². The van der Waals surface area contributed by atoms with Gasteiger partial charge in [-0.1, -0.05) is 18.2 Å². The topological polar surface area (TPSA) is 30.7 Å². The molecule has 0 saturated carbocycles. The summed E-state index contributed by atoms with van der Waals surface area (Å²) in [6, 6.07) is 14.5. The van der Waals surface area contributed by atoms with Gasteiger partial charge in [0.15, 0.2) is 5.65 Å². The minimum absolute atomic E-state index is 0.750. The SMILES string of the molecule is c1ccc(-n2c(CC3CCSCC3)nc3cccnc32)cc1. The minimum atomic E-state index is 0.750. The van der Waals surface area contributed by atoms with Gasteiger partial charge in [-0.2, -0.15) is 11.8 Å². The van der Waals surface area contributed by atoms with Crippen molar-refractivity contribution >= 4 is 22.9 Å². The van der Waals surface area contributed by atoms with E-state index >= 15 is 0 Å². The van der Waals surface area contributed by atoms with Gasteiger partial charge < -0.3 is 0 Å². The first kappa shape index (κ1) is 13.8. The number of hydrogen-bond acceptors (Lipinski definition) is 3. The normalized spacial score (nSPS) is 16.2. The molecule has 1 aliphatic heterocycles. The highest BCUT2D eigenvalue weighted by Crippen LogP contribution is 2.28. The Hall–Kier alpha value is -1.81. The number of nitrogens with zero attached hydrogens (tertiary/aromatic N) is 3. The van der Waals surface area contributed by atoms with E-state index in [1.165, 1.54) is 24.3 Å². The van der Waals surface area contributed by atoms with Crippen LogP contribution in [-0.4, -0.2) is 26.0 Å². The average molecular weight is 309 g/mol. The van der Waals surface area contributed by atoms with Gasteiger partial charge in [-0.15, -0.1) is 0 Å². The van der Waals surface area contributed by atoms with Crippen molar-refractivity contribution in [2.24, 2.45) is 5.92 Å². The summed E-state index contributed by atoms with van der Waals surface area (Å²) >= 11 is 2.08. The third-order valence-corrected chi connectivity index (χ3v) is 5.36. The Bertz CT molecular complexity index is 760. The highest BCUT2D eigenvalue weighted by Gasteiger charge is 2.19. The van der Waals surface area contributed by atoms with E-state index in [2.05, 4.69) is 51.6 Å². The van der Waals surface area contributed by atoms with E-state index in [-0.39, 0.29) is 0 Å². The first-order chi connectivity index (χ1) is 10.9. The van der Waals surface area contributed by atoms with Crippen molar-refractivity contribution in [3.05, 3.63) is 54.5 Å². The minimum Gasteiger partial charge on any atom is -0.281 e. The predicted molar refractivity (Wildman–Crippen MR) is 92.6 cm³/mol. The molecule has 4 rings (SSSR count). The Morgan fingerprint density at radius 2 is 1.86 bits per heavy atom. The Balaban J connectivity index is 1.79. The number of rotatable bonds is 3. The monoisotopic (exact) mass is 309 g/mol. The Morgan fingerprint density at radius 1 is 1.05 bits per heavy atom. The number of imidazole rings is 1. The molecule has 0 radical (unpaired) electrons. The number of hydrogen-bond donors (Lipinski definition) is 0. The summed E-state index contributed by atoms with van der Waals surface area (Å²) in [5.74, 6) is 4.47. The molecule has 1 saturated heterocycles. The molecule has 0 unspecified atom stereocenters. The molecule has 3 heterocycles. The molecule has 3 nitrogen and oxygen atoms in total. The van der Waals surface area contributed by atoms with Crippen molar-refractivity contribution in [2.45, 2.75) is 19.3 Å². The lowest BCUT2D eigenvalue weighted by Crippen LogP contribution is -2.15. The molecule has 1 aromatic carbocycles. The molecule has 4 heteroatoms. The molecule has 0 amide bonds. The fraction of sp³-hybridized carbons (Fsp3) is 0.333. The summed E-state index contributed by atoms with van der Waals surface area (Å²) in [6.07, 6.45) is 5.50. The van der Waals surface area contributed by atoms with Crippen molar-refractivity contribution in [2.75, 3.05) is 11.5 Å². The summed E-state index contributed by atoms with van der Waals surface area (Å²) in [7, 11) is 0. The zero-order valence-electron chi connectivity index (χ0n) is 12.5. The van der Waals surface area contributed by atoms with Crippen molar-refractivity contribution in [1.82, 2.24) is 14.5 Å². The van der Waals surface area contributed by atoms with Crippen LogP contribution >= 0.6 is 11.8 Å². The summed E-state index contributed by atoms with van der Waals surface area (Å²) in [5, 5.41) is 0. The van der Waals surface area contributed by atoms with Crippen LogP contribution in [0.4, 0.5) is 0 Å². The van der Waals surface area contributed by atoms with Crippen molar-refractivity contribution in [3.63, 3.8) is 0 Å². The molecule has 2 aromatic heterocycles. The van der Waals surface area contributed by atoms with E-state index in [1.54, 1.807) is 0 Å². The lowest BCUT2D eigenvalue weighted by atomic mass is 9.98. The molecular weight excluding hydrogens is 290 g/mol. The average Bonchev–Trinajstić information content (AvgIpc) is 2.94. The second kappa shape index (κ2) is 6.13. The lowest BCUT2D eigenvalue weighted by molar-refractivity contribution is 0.474. The van der Waals surface area contributed by atoms with Crippen LogP contribution in [0.5, 0.6) is 0 Å². The van der Waals surface area contributed by atoms with Crippen molar-refractivity contribution in [1.29, 1.82) is 0 Å². The Kier molecular flexibility index (Phi) is 3.85. The maximum Gasteiger partial charge on any atom is 0.164 e. The smallest absolute Gasteiger partial charge is 0.164 e. The third-order valence-electron chi connectivity index (χ3n) is 4.31. The van der Waals surface area contributed by atoms with Gasteiger partial charge in [0.1, 0.15) is 11.3 Å². The summed E-state index contributed by atoms with van der Waals surface area (Å²) < 4.78 is 2.23. The molecule has 0 N–H and O–H groups in total. The summed E-state index contributed by atoms with van der Waals surface area (Å²) in [4.78, 5) is 9.44. The molecule has 112 valence electrons. The highest BCUT2D eigenvalue weighted by atomic mass is 32.2. The number of thioether (sulfide) groups is 1. The van der Waals surface area contributed by atoms with E-state index in [0.29, 0.717) is 0 Å². The van der Waals surface area contributed by atoms with E-state index in [1.807, 2.05) is 18.3 Å². The fourth-order valence-electron chi connectivity index (χ4n) is 3.15. The molecule has 0 aliphatic carbocycles. The van der Waals surface area contributed by atoms with E-state index in [0.717, 1.165) is 35.0 Å². The summed E-state index contributed by atoms with van der Waals surface area (Å²) in [5.41, 5.74) is 3.12. The van der Waals surface area contributed by atoms with Crippen LogP contribution in [0.15, 0.2) is 48.7 Å². The molecule has 0 atom stereocenters. The van der Waals surface area contributed by atoms with Crippen molar-refractivity contribution in [3.8, 4) is 5.69 Å². The predicted octanol–water partition coefficient (Wildman–Crippen LogP) is 4.11. The largest absolute Gasteiger partial charge is 0.281 e. The van der Waals surface area contributed by atoms with Crippen LogP contribution in [0.2, 0.25) is 0 Å². The number of pyridine rings is 1. The second-order valence-corrected chi connectivity index (χ2v) is 7.03. The highest BCUT2D eigenvalue weighted by molar-refractivity contribution is 7.99. The molecule has 3 aromatic rings. The van der Waals surface area contributed by atoms with E-state index in [4.69, 9.17) is 4.98 Å². The van der Waals surface area contributed by atoms with Crippen LogP contribution in [0.3, 0.4) is 0 Å². The first-order valence-electron chi connectivity index (χ1n) is 7.87. The quantitative estimate of drug-likeness (QED) is 0.729. The second-order valence-electron chi connectivity index (χ2n) is 5.80. The van der Waals surface area contributed by atoms with Gasteiger partial charge in [0.25, 0.3) is 0 Å². The molecule has 0 spiro atoms. The van der Waals surface area contributed by atoms with Gasteiger partial charge in [-0.3, -0.25) is 4.57 Å². The molecule has 0 bridgehead atoms. The van der Waals surface area contributed by atoms with Crippen LogP contribution in [0.1, 0.15) is 18.7 Å². The molecule has 1 fully saturated rings. The Labute approximate surface area is 134 Å². The first-order valence-corrected chi connectivity index (χ1v) is 9.03. The van der Waals surface area contributed by atoms with E-state index in [9.17, 15) is 0 Å². The van der Waals surface area contributed by atoms with Gasteiger partial charge in [0, 0.05) is 18.3 Å². The standard InChI is InChI=1S/C18H19N3S/c1-2-5-15(6-3-1)21-17(13-14-8-11-22-12-9-14)20-16-7-4-10-19-18(16)21/h1-7,10,14H,8-9,11-13H2. The molecule has 1 aliphatic rings. The summed E-state index contributed by atoms with van der Waals surface area (Å²) in [6.45, 7) is 0. The van der Waals surface area contributed by atoms with Gasteiger partial charge in [0.2, 0.25) is 0 Å². The lowest BCUT2D eigenvalue weighted by Gasteiger charge is -2.21. The van der Waals surface area contributed by atoms with Gasteiger partial charge in [-0.05, 0) is 54.5 Å². The third kappa shape index (κ3) is 2.63. The van der Waals surface area contributed by atoms with Gasteiger partial charge in [0.05, 0.1) is 0 Å². The Morgan fingerprint density at radius 3 is 2.68 bits per heavy atom. The van der Waals surface area contributed by atoms with Crippen LogP contribution in [0.25, 0.3) is 16.9 Å². The zero-order valence-corrected chi connectivity index (χ0v) is 13.3. The van der Waals surface area contributed by atoms with Crippen LogP contribution < -0.4 is 0 Å². The number of fused-ring (bicyclic) bond motifs is 1. The van der Waals surface area contributed by atoms with E-state index < -0.39 is 0 Å².